The van der Waals surface area contributed by atoms with E-state index in [1.807, 2.05) is 43.3 Å². The maximum atomic E-state index is 13.4. The molecule has 1 saturated heterocycles. The molecule has 1 N–H and O–H groups in total. The van der Waals surface area contributed by atoms with Crippen molar-refractivity contribution in [2.45, 2.75) is 33.2 Å². The molecule has 3 aromatic carbocycles. The van der Waals surface area contributed by atoms with E-state index in [2.05, 4.69) is 13.8 Å². The van der Waals surface area contributed by atoms with Crippen molar-refractivity contribution in [3.63, 3.8) is 0 Å². The van der Waals surface area contributed by atoms with Crippen LogP contribution in [0.4, 0.5) is 0 Å². The van der Waals surface area contributed by atoms with Crippen molar-refractivity contribution in [2.24, 2.45) is 5.92 Å². The monoisotopic (exact) mass is 529 g/mol. The molecule has 0 aliphatic carbocycles. The van der Waals surface area contributed by atoms with Gasteiger partial charge in [0.25, 0.3) is 11.7 Å². The number of aliphatic hydroxyl groups is 1. The molecule has 0 saturated carbocycles. The Morgan fingerprint density at radius 3 is 2.31 bits per heavy atom. The van der Waals surface area contributed by atoms with Crippen molar-refractivity contribution < 1.29 is 28.9 Å². The Morgan fingerprint density at radius 2 is 1.67 bits per heavy atom. The zero-order valence-corrected chi connectivity index (χ0v) is 23.1. The molecule has 0 bridgehead atoms. The van der Waals surface area contributed by atoms with Crippen molar-refractivity contribution in [3.8, 4) is 17.2 Å². The number of hydrogen-bond acceptors (Lipinski definition) is 6. The van der Waals surface area contributed by atoms with Gasteiger partial charge in [0.2, 0.25) is 0 Å². The molecular weight excluding hydrogens is 494 g/mol. The first-order valence-corrected chi connectivity index (χ1v) is 13.0. The highest BCUT2D eigenvalue weighted by Gasteiger charge is 2.46. The zero-order chi connectivity index (χ0) is 28.1. The molecule has 0 aromatic heterocycles. The number of Topliss-reactive ketones (excluding diaryl/α,β-unsaturated/α-hetero) is 1. The summed E-state index contributed by atoms with van der Waals surface area (Å²) in [4.78, 5) is 28.3. The van der Waals surface area contributed by atoms with E-state index in [9.17, 15) is 14.7 Å². The van der Waals surface area contributed by atoms with Crippen molar-refractivity contribution in [2.75, 3.05) is 27.4 Å². The second-order valence-corrected chi connectivity index (χ2v) is 10.1. The van der Waals surface area contributed by atoms with E-state index in [0.29, 0.717) is 41.6 Å². The van der Waals surface area contributed by atoms with Gasteiger partial charge in [0.1, 0.15) is 23.0 Å². The van der Waals surface area contributed by atoms with Gasteiger partial charge in [0.15, 0.2) is 0 Å². The zero-order valence-electron chi connectivity index (χ0n) is 23.1. The Bertz CT molecular complexity index is 1380. The molecule has 1 aliphatic rings. The van der Waals surface area contributed by atoms with Crippen molar-refractivity contribution in [1.82, 2.24) is 4.90 Å². The van der Waals surface area contributed by atoms with Gasteiger partial charge in [0, 0.05) is 12.1 Å². The van der Waals surface area contributed by atoms with E-state index >= 15 is 0 Å². The van der Waals surface area contributed by atoms with E-state index in [0.717, 1.165) is 16.9 Å². The van der Waals surface area contributed by atoms with Crippen LogP contribution in [0, 0.1) is 12.8 Å². The number of likely N-dealkylation sites (tertiary alicyclic amines) is 1. The van der Waals surface area contributed by atoms with Crippen LogP contribution in [0.1, 0.15) is 42.1 Å². The first-order chi connectivity index (χ1) is 18.7. The third-order valence-electron chi connectivity index (χ3n) is 6.77. The normalized spacial score (nSPS) is 16.6. The summed E-state index contributed by atoms with van der Waals surface area (Å²) in [5.41, 5.74) is 3.00. The maximum Gasteiger partial charge on any atom is 0.295 e. The predicted molar refractivity (Wildman–Crippen MR) is 150 cm³/mol. The molecule has 1 aliphatic heterocycles. The Balaban J connectivity index is 1.73. The van der Waals surface area contributed by atoms with Crippen LogP contribution in [0.15, 0.2) is 72.3 Å². The van der Waals surface area contributed by atoms with E-state index in [1.165, 1.54) is 4.90 Å². The number of carbonyl (C=O) groups is 2. The Labute approximate surface area is 229 Å². The highest BCUT2D eigenvalue weighted by molar-refractivity contribution is 6.46. The Morgan fingerprint density at radius 1 is 0.949 bits per heavy atom. The Hall–Kier alpha value is -4.26. The highest BCUT2D eigenvalue weighted by atomic mass is 16.5. The van der Waals surface area contributed by atoms with Gasteiger partial charge < -0.3 is 24.2 Å². The lowest BCUT2D eigenvalue weighted by Crippen LogP contribution is -2.31. The van der Waals surface area contributed by atoms with Crippen molar-refractivity contribution >= 4 is 17.4 Å². The highest BCUT2D eigenvalue weighted by Crippen LogP contribution is 2.40. The van der Waals surface area contributed by atoms with Gasteiger partial charge >= 0.3 is 0 Å². The third-order valence-corrected chi connectivity index (χ3v) is 6.77. The average Bonchev–Trinajstić information content (AvgIpc) is 3.20. The van der Waals surface area contributed by atoms with Crippen LogP contribution >= 0.6 is 0 Å². The molecule has 1 heterocycles. The van der Waals surface area contributed by atoms with Crippen molar-refractivity contribution in [1.29, 1.82) is 0 Å². The molecule has 1 fully saturated rings. The lowest BCUT2D eigenvalue weighted by atomic mass is 9.94. The molecule has 1 amide bonds. The van der Waals surface area contributed by atoms with Gasteiger partial charge in [-0.25, -0.2) is 0 Å². The summed E-state index contributed by atoms with van der Waals surface area (Å²) < 4.78 is 16.5. The number of ether oxygens (including phenoxy) is 3. The second kappa shape index (κ2) is 12.1. The van der Waals surface area contributed by atoms with Gasteiger partial charge in [-0.05, 0) is 78.4 Å². The average molecular weight is 530 g/mol. The number of methoxy groups -OCH3 is 2. The molecule has 7 nitrogen and oxygen atoms in total. The van der Waals surface area contributed by atoms with Crippen LogP contribution in [0.25, 0.3) is 5.76 Å². The van der Waals surface area contributed by atoms with Gasteiger partial charge in [0.05, 0.1) is 32.4 Å². The molecule has 0 spiro atoms. The van der Waals surface area contributed by atoms with Crippen LogP contribution in [-0.2, 0) is 16.0 Å². The number of carbonyl (C=O) groups excluding carboxylic acids is 2. The van der Waals surface area contributed by atoms with E-state index in [-0.39, 0.29) is 17.9 Å². The summed E-state index contributed by atoms with van der Waals surface area (Å²) in [5.74, 6) is 0.840. The number of amides is 1. The lowest BCUT2D eigenvalue weighted by molar-refractivity contribution is -0.139. The van der Waals surface area contributed by atoms with E-state index < -0.39 is 17.7 Å². The first kappa shape index (κ1) is 27.8. The van der Waals surface area contributed by atoms with Gasteiger partial charge in [-0.1, -0.05) is 38.1 Å². The summed E-state index contributed by atoms with van der Waals surface area (Å²) in [6.07, 6.45) is 0.526. The largest absolute Gasteiger partial charge is 0.507 e. The number of benzene rings is 3. The van der Waals surface area contributed by atoms with Crippen LogP contribution in [0.5, 0.6) is 17.2 Å². The van der Waals surface area contributed by atoms with Gasteiger partial charge in [-0.2, -0.15) is 0 Å². The minimum absolute atomic E-state index is 0.0539. The number of nitrogens with zero attached hydrogens (tertiary/aromatic N) is 1. The molecule has 4 rings (SSSR count). The molecule has 1 atom stereocenters. The summed E-state index contributed by atoms with van der Waals surface area (Å²) >= 11 is 0. The topological polar surface area (TPSA) is 85.3 Å². The number of rotatable bonds is 10. The lowest BCUT2D eigenvalue weighted by Gasteiger charge is -2.26. The molecule has 0 radical (unpaired) electrons. The van der Waals surface area contributed by atoms with Crippen LogP contribution in [0.2, 0.25) is 0 Å². The SMILES string of the molecule is COc1ccc(CCN2C(=O)C(=O)/C(=C(\O)c3ccc(OCC(C)C)c(C)c3)C2c2cccc(OC)c2)cc1. The molecule has 7 heteroatoms. The minimum Gasteiger partial charge on any atom is -0.507 e. The molecule has 204 valence electrons. The quantitative estimate of drug-likeness (QED) is 0.206. The fourth-order valence-electron chi connectivity index (χ4n) is 4.68. The molecule has 39 heavy (non-hydrogen) atoms. The van der Waals surface area contributed by atoms with E-state index in [1.54, 1.807) is 44.6 Å². The fraction of sp³-hybridized carbons (Fsp3) is 0.312. The summed E-state index contributed by atoms with van der Waals surface area (Å²) in [6, 6.07) is 19.3. The third kappa shape index (κ3) is 6.08. The second-order valence-electron chi connectivity index (χ2n) is 10.1. The van der Waals surface area contributed by atoms with Crippen LogP contribution in [-0.4, -0.2) is 49.1 Å². The number of ketones is 1. The summed E-state index contributed by atoms with van der Waals surface area (Å²) in [6.45, 7) is 6.89. The number of aliphatic hydroxyl groups excluding tert-OH is 1. The van der Waals surface area contributed by atoms with E-state index in [4.69, 9.17) is 14.2 Å². The molecular formula is C32H35NO6. The van der Waals surface area contributed by atoms with Gasteiger partial charge in [-0.15, -0.1) is 0 Å². The predicted octanol–water partition coefficient (Wildman–Crippen LogP) is 5.71. The minimum atomic E-state index is -0.768. The van der Waals surface area contributed by atoms with Crippen molar-refractivity contribution in [3.05, 3.63) is 94.6 Å². The summed E-state index contributed by atoms with van der Waals surface area (Å²) in [5, 5.41) is 11.5. The van der Waals surface area contributed by atoms with Gasteiger partial charge in [-0.3, -0.25) is 9.59 Å². The maximum absolute atomic E-state index is 13.4. The smallest absolute Gasteiger partial charge is 0.295 e. The Kier molecular flexibility index (Phi) is 8.59. The molecule has 1 unspecified atom stereocenters. The number of aryl methyl sites for hydroxylation is 1. The number of hydrogen-bond donors (Lipinski definition) is 1. The fourth-order valence-corrected chi connectivity index (χ4v) is 4.68. The molecule has 3 aromatic rings. The standard InChI is InChI=1S/C32H35NO6/c1-20(2)19-39-27-14-11-24(17-21(27)3)30(34)28-29(23-7-6-8-26(18-23)38-5)33(32(36)31(28)35)16-15-22-9-12-25(37-4)13-10-22/h6-14,17-18,20,29,34H,15-16,19H2,1-5H3/b30-28-. The van der Waals surface area contributed by atoms with Crippen LogP contribution in [0.3, 0.4) is 0 Å². The van der Waals surface area contributed by atoms with Crippen LogP contribution < -0.4 is 14.2 Å². The summed E-state index contributed by atoms with van der Waals surface area (Å²) in [7, 11) is 3.17. The first-order valence-electron chi connectivity index (χ1n) is 13.0.